The SMILES string of the molecule is CCOc1c2cc(C(C)(C)C)cc1CC(=O)Cc1cc(C(C)(C)C)cc(c1OC)CC(=O)C2. The molecule has 0 unspecified atom stereocenters. The van der Waals surface area contributed by atoms with Crippen LogP contribution < -0.4 is 9.47 Å². The molecule has 2 aromatic rings. The van der Waals surface area contributed by atoms with Crippen LogP contribution in [0.5, 0.6) is 11.5 Å². The Kier molecular flexibility index (Phi) is 7.07. The summed E-state index contributed by atoms with van der Waals surface area (Å²) >= 11 is 0. The van der Waals surface area contributed by atoms with E-state index in [4.69, 9.17) is 9.47 Å². The van der Waals surface area contributed by atoms with Crippen molar-refractivity contribution in [3.63, 3.8) is 0 Å². The molecule has 0 fully saturated rings. The first kappa shape index (κ1) is 25.0. The summed E-state index contributed by atoms with van der Waals surface area (Å²) < 4.78 is 11.7. The fourth-order valence-electron chi connectivity index (χ4n) is 4.47. The largest absolute Gasteiger partial charge is 0.496 e. The van der Waals surface area contributed by atoms with Gasteiger partial charge in [0.05, 0.1) is 13.7 Å². The highest BCUT2D eigenvalue weighted by Crippen LogP contribution is 2.36. The van der Waals surface area contributed by atoms with Crippen LogP contribution in [0, 0.1) is 0 Å². The molecule has 4 bridgehead atoms. The van der Waals surface area contributed by atoms with Gasteiger partial charge in [-0.15, -0.1) is 0 Å². The third kappa shape index (κ3) is 5.66. The Morgan fingerprint density at radius 3 is 1.27 bits per heavy atom. The molecule has 2 aromatic carbocycles. The van der Waals surface area contributed by atoms with Crippen LogP contribution in [0.15, 0.2) is 24.3 Å². The van der Waals surface area contributed by atoms with Gasteiger partial charge in [0.1, 0.15) is 23.1 Å². The molecule has 0 N–H and O–H groups in total. The summed E-state index contributed by atoms with van der Waals surface area (Å²) in [5, 5.41) is 0. The Labute approximate surface area is 198 Å². The van der Waals surface area contributed by atoms with Gasteiger partial charge in [-0.1, -0.05) is 65.8 Å². The van der Waals surface area contributed by atoms with Crippen LogP contribution in [0.25, 0.3) is 0 Å². The molecular formula is C29H38O4. The van der Waals surface area contributed by atoms with Gasteiger partial charge in [0, 0.05) is 47.9 Å². The summed E-state index contributed by atoms with van der Waals surface area (Å²) in [5.74, 6) is 1.57. The molecule has 0 atom stereocenters. The number of hydrogen-bond acceptors (Lipinski definition) is 4. The molecule has 0 heterocycles. The van der Waals surface area contributed by atoms with Crippen molar-refractivity contribution in [3.8, 4) is 11.5 Å². The van der Waals surface area contributed by atoms with E-state index in [2.05, 4.69) is 65.8 Å². The smallest absolute Gasteiger partial charge is 0.141 e. The lowest BCUT2D eigenvalue weighted by atomic mass is 9.81. The van der Waals surface area contributed by atoms with Crippen molar-refractivity contribution in [2.24, 2.45) is 0 Å². The first-order valence-corrected chi connectivity index (χ1v) is 11.9. The number of Topliss-reactive ketones (excluding diaryl/α,β-unsaturated/α-hetero) is 2. The van der Waals surface area contributed by atoms with Gasteiger partial charge in [0.15, 0.2) is 0 Å². The van der Waals surface area contributed by atoms with E-state index in [0.717, 1.165) is 33.4 Å². The van der Waals surface area contributed by atoms with E-state index in [0.29, 0.717) is 18.1 Å². The van der Waals surface area contributed by atoms with E-state index < -0.39 is 0 Å². The van der Waals surface area contributed by atoms with E-state index in [-0.39, 0.29) is 48.1 Å². The van der Waals surface area contributed by atoms with E-state index in [1.165, 1.54) is 0 Å². The Morgan fingerprint density at radius 2 is 1.00 bits per heavy atom. The maximum Gasteiger partial charge on any atom is 0.141 e. The van der Waals surface area contributed by atoms with Crippen molar-refractivity contribution in [1.29, 1.82) is 0 Å². The minimum Gasteiger partial charge on any atom is -0.496 e. The lowest BCUT2D eigenvalue weighted by molar-refractivity contribution is -0.118. The number of benzene rings is 2. The zero-order valence-electron chi connectivity index (χ0n) is 21.5. The molecule has 0 aliphatic heterocycles. The zero-order chi connectivity index (χ0) is 24.6. The molecule has 1 aliphatic carbocycles. The quantitative estimate of drug-likeness (QED) is 0.601. The van der Waals surface area contributed by atoms with Crippen molar-refractivity contribution < 1.29 is 19.1 Å². The number of carbonyl (C=O) groups excluding carboxylic acids is 2. The van der Waals surface area contributed by atoms with Crippen molar-refractivity contribution in [2.45, 2.75) is 85.0 Å². The van der Waals surface area contributed by atoms with E-state index in [9.17, 15) is 9.59 Å². The van der Waals surface area contributed by atoms with Crippen LogP contribution in [0.1, 0.15) is 81.8 Å². The van der Waals surface area contributed by atoms with Crippen LogP contribution in [0.2, 0.25) is 0 Å². The first-order valence-electron chi connectivity index (χ1n) is 11.9. The Balaban J connectivity index is 2.21. The molecule has 4 nitrogen and oxygen atoms in total. The highest BCUT2D eigenvalue weighted by atomic mass is 16.5. The molecule has 1 aliphatic rings. The van der Waals surface area contributed by atoms with Gasteiger partial charge in [0.2, 0.25) is 0 Å². The van der Waals surface area contributed by atoms with Crippen molar-refractivity contribution in [1.82, 2.24) is 0 Å². The predicted octanol–water partition coefficient (Wildman–Crippen LogP) is 5.71. The summed E-state index contributed by atoms with van der Waals surface area (Å²) in [5.41, 5.74) is 5.44. The molecule has 0 spiro atoms. The van der Waals surface area contributed by atoms with Gasteiger partial charge in [-0.2, -0.15) is 0 Å². The number of ketones is 2. The van der Waals surface area contributed by atoms with Gasteiger partial charge in [-0.3, -0.25) is 9.59 Å². The van der Waals surface area contributed by atoms with Crippen LogP contribution in [-0.4, -0.2) is 25.3 Å². The third-order valence-electron chi connectivity index (χ3n) is 6.26. The first-order chi connectivity index (χ1) is 15.3. The van der Waals surface area contributed by atoms with Gasteiger partial charge in [-0.25, -0.2) is 0 Å². The molecule has 33 heavy (non-hydrogen) atoms. The second-order valence-corrected chi connectivity index (χ2v) is 11.2. The molecule has 4 heteroatoms. The second kappa shape index (κ2) is 9.32. The molecule has 178 valence electrons. The number of hydrogen-bond donors (Lipinski definition) is 0. The Hall–Kier alpha value is -2.62. The average Bonchev–Trinajstić information content (AvgIpc) is 2.67. The number of ether oxygens (including phenoxy) is 2. The monoisotopic (exact) mass is 450 g/mol. The van der Waals surface area contributed by atoms with E-state index >= 15 is 0 Å². The molecule has 0 radical (unpaired) electrons. The molecule has 0 saturated carbocycles. The van der Waals surface area contributed by atoms with Crippen LogP contribution in [0.4, 0.5) is 0 Å². The third-order valence-corrected chi connectivity index (χ3v) is 6.26. The molecule has 0 saturated heterocycles. The fourth-order valence-corrected chi connectivity index (χ4v) is 4.47. The van der Waals surface area contributed by atoms with Crippen LogP contribution >= 0.6 is 0 Å². The zero-order valence-corrected chi connectivity index (χ0v) is 21.5. The van der Waals surface area contributed by atoms with Crippen molar-refractivity contribution >= 4 is 11.6 Å². The average molecular weight is 451 g/mol. The van der Waals surface area contributed by atoms with Gasteiger partial charge in [-0.05, 0) is 28.9 Å². The number of methoxy groups -OCH3 is 1. The summed E-state index contributed by atoms with van der Waals surface area (Å²) in [4.78, 5) is 26.7. The summed E-state index contributed by atoms with van der Waals surface area (Å²) in [6.45, 7) is 15.3. The number of rotatable bonds is 3. The molecule has 0 amide bonds. The maximum atomic E-state index is 13.3. The molecule has 3 rings (SSSR count). The molecule has 0 aromatic heterocycles. The summed E-state index contributed by atoms with van der Waals surface area (Å²) in [6, 6.07) is 8.29. The molecular weight excluding hydrogens is 412 g/mol. The lowest BCUT2D eigenvalue weighted by Gasteiger charge is -2.25. The number of carbonyl (C=O) groups is 2. The summed E-state index contributed by atoms with van der Waals surface area (Å²) in [6.07, 6.45) is 1.04. The van der Waals surface area contributed by atoms with Crippen molar-refractivity contribution in [2.75, 3.05) is 13.7 Å². The van der Waals surface area contributed by atoms with Crippen LogP contribution in [-0.2, 0) is 46.1 Å². The maximum absolute atomic E-state index is 13.3. The van der Waals surface area contributed by atoms with Gasteiger partial charge in [0.25, 0.3) is 0 Å². The lowest BCUT2D eigenvalue weighted by Crippen LogP contribution is -2.19. The predicted molar refractivity (Wildman–Crippen MR) is 133 cm³/mol. The van der Waals surface area contributed by atoms with Gasteiger partial charge < -0.3 is 9.47 Å². The summed E-state index contributed by atoms with van der Waals surface area (Å²) in [7, 11) is 1.62. The number of fused-ring (bicyclic) bond motifs is 4. The van der Waals surface area contributed by atoms with E-state index in [1.807, 2.05) is 6.92 Å². The Bertz CT molecular complexity index is 1000. The highest BCUT2D eigenvalue weighted by Gasteiger charge is 2.26. The van der Waals surface area contributed by atoms with Crippen molar-refractivity contribution in [3.05, 3.63) is 57.6 Å². The van der Waals surface area contributed by atoms with Crippen LogP contribution in [0.3, 0.4) is 0 Å². The minimum atomic E-state index is -0.105. The second-order valence-electron chi connectivity index (χ2n) is 11.2. The van der Waals surface area contributed by atoms with Gasteiger partial charge >= 0.3 is 0 Å². The minimum absolute atomic E-state index is 0.104. The normalized spacial score (nSPS) is 15.0. The van der Waals surface area contributed by atoms with E-state index in [1.54, 1.807) is 7.11 Å². The standard InChI is InChI=1S/C29H38O4/c1-9-33-27-20-12-23(29(5,6)7)13-21(27)17-25(31)15-19-11-22(28(2,3)4)10-18(26(19)32-8)14-24(30)16-20/h10-13H,9,14-17H2,1-8H3. The Morgan fingerprint density at radius 1 is 0.667 bits per heavy atom. The topological polar surface area (TPSA) is 52.6 Å². The fraction of sp³-hybridized carbons (Fsp3) is 0.517. The highest BCUT2D eigenvalue weighted by molar-refractivity contribution is 5.88.